The summed E-state index contributed by atoms with van der Waals surface area (Å²) in [4.78, 5) is 25.9. The van der Waals surface area contributed by atoms with Crippen LogP contribution in [-0.2, 0) is 17.4 Å². The highest BCUT2D eigenvalue weighted by Crippen LogP contribution is 2.33. The summed E-state index contributed by atoms with van der Waals surface area (Å²) in [6.07, 6.45) is -5.26. The van der Waals surface area contributed by atoms with E-state index in [1.165, 1.54) is 6.07 Å². The topological polar surface area (TPSA) is 62.5 Å². The minimum atomic E-state index is -4.84. The highest BCUT2D eigenvalue weighted by atomic mass is 79.9. The second-order valence-corrected chi connectivity index (χ2v) is 7.88. The predicted molar refractivity (Wildman–Crippen MR) is 101 cm³/mol. The number of aliphatic carboxylic acids is 1. The van der Waals surface area contributed by atoms with Crippen molar-refractivity contribution in [1.29, 1.82) is 0 Å². The number of rotatable bonds is 6. The zero-order valence-corrected chi connectivity index (χ0v) is 16.9. The maximum absolute atomic E-state index is 14.3. The van der Waals surface area contributed by atoms with Crippen molar-refractivity contribution in [1.82, 2.24) is 9.47 Å². The highest BCUT2D eigenvalue weighted by Gasteiger charge is 2.36. The number of carboxylic acid groups (broad SMARTS) is 1. The molecule has 1 N–H and O–H groups in total. The Balaban J connectivity index is 2.08. The van der Waals surface area contributed by atoms with Gasteiger partial charge in [0, 0.05) is 41.9 Å². The molecule has 11 heteroatoms. The molecule has 1 aliphatic rings. The van der Waals surface area contributed by atoms with Gasteiger partial charge in [-0.25, -0.2) is 13.6 Å². The highest BCUT2D eigenvalue weighted by molar-refractivity contribution is 9.10. The number of benzene rings is 1. The molecule has 1 atom stereocenters. The molecular formula is C19H16BrF5N2O3. The summed E-state index contributed by atoms with van der Waals surface area (Å²) in [5, 5.41) is 9.62. The maximum atomic E-state index is 14.3. The fourth-order valence-corrected chi connectivity index (χ4v) is 3.73. The standard InChI is InChI=1S/C19H16BrF5N2O3/c20-11-1-2-15(22)13(5-11)17(18(29)30)27-7-10(3-4-26-8-12(21)9-26)14(6-16(27)28)19(23,24)25/h1-2,5-7,12,17H,3-4,8-9H2,(H,29,30). The number of hydrogen-bond acceptors (Lipinski definition) is 3. The third-order valence-corrected chi connectivity index (χ3v) is 5.34. The molecule has 0 bridgehead atoms. The van der Waals surface area contributed by atoms with Crippen LogP contribution >= 0.6 is 15.9 Å². The fraction of sp³-hybridized carbons (Fsp3) is 0.368. The lowest BCUT2D eigenvalue weighted by molar-refractivity contribution is -0.139. The van der Waals surface area contributed by atoms with Crippen LogP contribution in [0.4, 0.5) is 22.0 Å². The van der Waals surface area contributed by atoms with Gasteiger partial charge in [-0.2, -0.15) is 13.2 Å². The summed E-state index contributed by atoms with van der Waals surface area (Å²) in [5.41, 5.74) is -3.13. The first-order valence-electron chi connectivity index (χ1n) is 8.84. The number of nitrogens with zero attached hydrogens (tertiary/aromatic N) is 2. The van der Waals surface area contributed by atoms with Crippen LogP contribution in [0.3, 0.4) is 0 Å². The van der Waals surface area contributed by atoms with Crippen LogP contribution in [0.5, 0.6) is 0 Å². The van der Waals surface area contributed by atoms with Gasteiger partial charge in [0.1, 0.15) is 12.0 Å². The summed E-state index contributed by atoms with van der Waals surface area (Å²) >= 11 is 3.09. The molecule has 1 fully saturated rings. The third-order valence-electron chi connectivity index (χ3n) is 4.84. The van der Waals surface area contributed by atoms with E-state index in [0.29, 0.717) is 15.1 Å². The van der Waals surface area contributed by atoms with Crippen LogP contribution in [0.1, 0.15) is 22.7 Å². The molecule has 0 saturated carbocycles. The van der Waals surface area contributed by atoms with Crippen molar-refractivity contribution in [2.75, 3.05) is 19.6 Å². The first kappa shape index (κ1) is 22.4. The molecule has 1 unspecified atom stereocenters. The number of pyridine rings is 1. The van der Waals surface area contributed by atoms with Gasteiger partial charge in [-0.05, 0) is 30.2 Å². The van der Waals surface area contributed by atoms with E-state index in [0.717, 1.165) is 18.3 Å². The molecule has 1 aromatic heterocycles. The van der Waals surface area contributed by atoms with E-state index in [2.05, 4.69) is 15.9 Å². The van der Waals surface area contributed by atoms with E-state index >= 15 is 0 Å². The van der Waals surface area contributed by atoms with Crippen molar-refractivity contribution in [2.24, 2.45) is 0 Å². The van der Waals surface area contributed by atoms with Crippen molar-refractivity contribution in [3.8, 4) is 0 Å². The largest absolute Gasteiger partial charge is 0.479 e. The predicted octanol–water partition coefficient (Wildman–Crippen LogP) is 3.64. The number of alkyl halides is 4. The van der Waals surface area contributed by atoms with Gasteiger partial charge < -0.3 is 5.11 Å². The van der Waals surface area contributed by atoms with E-state index in [1.54, 1.807) is 4.90 Å². The molecule has 1 aromatic carbocycles. The second kappa shape index (κ2) is 8.46. The van der Waals surface area contributed by atoms with Gasteiger partial charge in [-0.15, -0.1) is 0 Å². The van der Waals surface area contributed by atoms with Crippen molar-refractivity contribution in [3.63, 3.8) is 0 Å². The number of carboxylic acids is 1. The van der Waals surface area contributed by atoms with Gasteiger partial charge in [-0.3, -0.25) is 14.3 Å². The number of halogens is 6. The quantitative estimate of drug-likeness (QED) is 0.622. The Labute approximate surface area is 175 Å². The van der Waals surface area contributed by atoms with Crippen LogP contribution in [0.25, 0.3) is 0 Å². The van der Waals surface area contributed by atoms with Crippen LogP contribution in [0.2, 0.25) is 0 Å². The van der Waals surface area contributed by atoms with Gasteiger partial charge in [0.25, 0.3) is 5.56 Å². The van der Waals surface area contributed by atoms with E-state index in [4.69, 9.17) is 0 Å². The average molecular weight is 495 g/mol. The number of hydrogen-bond donors (Lipinski definition) is 1. The van der Waals surface area contributed by atoms with Crippen molar-refractivity contribution in [3.05, 3.63) is 67.8 Å². The summed E-state index contributed by atoms with van der Waals surface area (Å²) in [5.74, 6) is -2.53. The van der Waals surface area contributed by atoms with Crippen LogP contribution < -0.4 is 5.56 Å². The maximum Gasteiger partial charge on any atom is 0.416 e. The molecule has 162 valence electrons. The Hall–Kier alpha value is -2.27. The molecule has 0 amide bonds. The molecule has 2 aromatic rings. The minimum Gasteiger partial charge on any atom is -0.479 e. The molecule has 1 aliphatic heterocycles. The zero-order valence-electron chi connectivity index (χ0n) is 15.3. The van der Waals surface area contributed by atoms with Crippen molar-refractivity contribution < 1.29 is 31.9 Å². The smallest absolute Gasteiger partial charge is 0.416 e. The van der Waals surface area contributed by atoms with Crippen LogP contribution in [0.15, 0.2) is 39.7 Å². The Morgan fingerprint density at radius 2 is 1.93 bits per heavy atom. The number of carbonyl (C=O) groups is 1. The Morgan fingerprint density at radius 1 is 1.27 bits per heavy atom. The summed E-state index contributed by atoms with van der Waals surface area (Å²) in [7, 11) is 0. The Morgan fingerprint density at radius 3 is 2.50 bits per heavy atom. The molecule has 0 aliphatic carbocycles. The molecule has 1 saturated heterocycles. The first-order valence-corrected chi connectivity index (χ1v) is 9.63. The molecule has 2 heterocycles. The molecule has 30 heavy (non-hydrogen) atoms. The Kier molecular flexibility index (Phi) is 6.32. The van der Waals surface area contributed by atoms with Crippen LogP contribution in [-0.4, -0.2) is 46.3 Å². The molecule has 5 nitrogen and oxygen atoms in total. The van der Waals surface area contributed by atoms with Crippen molar-refractivity contribution in [2.45, 2.75) is 24.8 Å². The zero-order chi connectivity index (χ0) is 22.2. The third kappa shape index (κ3) is 4.72. The lowest BCUT2D eigenvalue weighted by atomic mass is 10.0. The molecule has 0 radical (unpaired) electrons. The lowest BCUT2D eigenvalue weighted by Gasteiger charge is -2.34. The number of aromatic nitrogens is 1. The van der Waals surface area contributed by atoms with E-state index in [9.17, 15) is 36.6 Å². The molecular weight excluding hydrogens is 479 g/mol. The first-order chi connectivity index (χ1) is 14.0. The van der Waals surface area contributed by atoms with Crippen molar-refractivity contribution >= 4 is 21.9 Å². The van der Waals surface area contributed by atoms with Gasteiger partial charge in [0.05, 0.1) is 5.56 Å². The molecule has 3 rings (SSSR count). The van der Waals surface area contributed by atoms with E-state index in [-0.39, 0.29) is 37.2 Å². The molecule has 0 spiro atoms. The van der Waals surface area contributed by atoms with Crippen LogP contribution in [0, 0.1) is 5.82 Å². The monoisotopic (exact) mass is 494 g/mol. The van der Waals surface area contributed by atoms with E-state index < -0.39 is 41.3 Å². The lowest BCUT2D eigenvalue weighted by Crippen LogP contribution is -2.49. The average Bonchev–Trinajstić information content (AvgIpc) is 2.61. The Bertz CT molecular complexity index is 1020. The van der Waals surface area contributed by atoms with Gasteiger partial charge in [0.15, 0.2) is 6.04 Å². The number of likely N-dealkylation sites (tertiary alicyclic amines) is 1. The summed E-state index contributed by atoms with van der Waals surface area (Å²) < 4.78 is 68.5. The minimum absolute atomic E-state index is 0.0992. The summed E-state index contributed by atoms with van der Waals surface area (Å²) in [6.45, 7) is 0.300. The van der Waals surface area contributed by atoms with E-state index in [1.807, 2.05) is 0 Å². The normalized spacial score (nSPS) is 16.3. The van der Waals surface area contributed by atoms with Gasteiger partial charge >= 0.3 is 12.1 Å². The second-order valence-electron chi connectivity index (χ2n) is 6.97. The van der Waals surface area contributed by atoms with Gasteiger partial charge in [0.2, 0.25) is 0 Å². The van der Waals surface area contributed by atoms with Gasteiger partial charge in [-0.1, -0.05) is 15.9 Å². The SMILES string of the molecule is O=C(O)C(c1cc(Br)ccc1F)n1cc(CCN2CC(F)C2)c(C(F)(F)F)cc1=O. The summed E-state index contributed by atoms with van der Waals surface area (Å²) in [6, 6.07) is 1.91. The fourth-order valence-electron chi connectivity index (χ4n) is 3.35.